The van der Waals surface area contributed by atoms with Crippen molar-refractivity contribution >= 4 is 17.8 Å². The topological polar surface area (TPSA) is 110 Å². The molecule has 0 aromatic heterocycles. The molecule has 0 radical (unpaired) electrons. The SMILES string of the molecule is CC(C)CC(=O)N1C(=O)N(CCCc2ccccc2)CC1(N)C(N)=O. The van der Waals surface area contributed by atoms with E-state index in [1.54, 1.807) is 0 Å². The van der Waals surface area contributed by atoms with Crippen LogP contribution in [0, 0.1) is 5.92 Å². The van der Waals surface area contributed by atoms with Gasteiger partial charge in [-0.25, -0.2) is 9.69 Å². The number of aryl methyl sites for hydroxylation is 1. The third-order valence-electron chi connectivity index (χ3n) is 4.29. The molecule has 136 valence electrons. The number of rotatable bonds is 7. The molecule has 1 aromatic rings. The van der Waals surface area contributed by atoms with Crippen LogP contribution in [0.1, 0.15) is 32.3 Å². The van der Waals surface area contributed by atoms with Gasteiger partial charge in [0.15, 0.2) is 5.66 Å². The summed E-state index contributed by atoms with van der Waals surface area (Å²) < 4.78 is 0. The van der Waals surface area contributed by atoms with E-state index < -0.39 is 23.5 Å². The van der Waals surface area contributed by atoms with Gasteiger partial charge in [0, 0.05) is 13.0 Å². The molecule has 1 saturated heterocycles. The number of amides is 4. The summed E-state index contributed by atoms with van der Waals surface area (Å²) in [5.74, 6) is -1.29. The van der Waals surface area contributed by atoms with Gasteiger partial charge >= 0.3 is 6.03 Å². The predicted molar refractivity (Wildman–Crippen MR) is 94.1 cm³/mol. The molecule has 0 aliphatic carbocycles. The fraction of sp³-hybridized carbons (Fsp3) is 0.500. The van der Waals surface area contributed by atoms with E-state index in [1.807, 2.05) is 44.2 Å². The molecule has 1 aromatic carbocycles. The molecule has 1 atom stereocenters. The number of imide groups is 1. The zero-order chi connectivity index (χ0) is 18.6. The summed E-state index contributed by atoms with van der Waals surface area (Å²) in [5.41, 5.74) is 10.8. The standard InChI is InChI=1S/C18H26N4O3/c1-13(2)11-15(23)22-17(25)21(12-18(22,20)16(19)24)10-6-9-14-7-4-3-5-8-14/h3-5,7-8,13H,6,9-12,20H2,1-2H3,(H2,19,24). The van der Waals surface area contributed by atoms with Crippen LogP contribution < -0.4 is 11.5 Å². The Labute approximate surface area is 147 Å². The molecule has 4 N–H and O–H groups in total. The molecule has 0 spiro atoms. The summed E-state index contributed by atoms with van der Waals surface area (Å²) >= 11 is 0. The minimum Gasteiger partial charge on any atom is -0.366 e. The number of carbonyl (C=O) groups excluding carboxylic acids is 3. The zero-order valence-electron chi connectivity index (χ0n) is 14.8. The van der Waals surface area contributed by atoms with Crippen molar-refractivity contribution < 1.29 is 14.4 Å². The number of urea groups is 1. The second kappa shape index (κ2) is 7.65. The van der Waals surface area contributed by atoms with E-state index in [9.17, 15) is 14.4 Å². The molecule has 1 fully saturated rings. The van der Waals surface area contributed by atoms with Crippen LogP contribution in [0.5, 0.6) is 0 Å². The molecule has 7 heteroatoms. The Morgan fingerprint density at radius 1 is 1.24 bits per heavy atom. The van der Waals surface area contributed by atoms with Crippen LogP contribution in [-0.2, 0) is 16.0 Å². The third kappa shape index (κ3) is 4.17. The summed E-state index contributed by atoms with van der Waals surface area (Å²) in [6, 6.07) is 9.35. The van der Waals surface area contributed by atoms with E-state index in [2.05, 4.69) is 0 Å². The fourth-order valence-corrected chi connectivity index (χ4v) is 2.99. The number of hydrogen-bond acceptors (Lipinski definition) is 4. The molecule has 1 unspecified atom stereocenters. The van der Waals surface area contributed by atoms with Crippen LogP contribution in [0.3, 0.4) is 0 Å². The lowest BCUT2D eigenvalue weighted by Gasteiger charge is -2.28. The number of benzene rings is 1. The first-order chi connectivity index (χ1) is 11.8. The Hall–Kier alpha value is -2.41. The van der Waals surface area contributed by atoms with Crippen LogP contribution >= 0.6 is 0 Å². The lowest BCUT2D eigenvalue weighted by atomic mass is 10.1. The molecular weight excluding hydrogens is 320 g/mol. The Morgan fingerprint density at radius 3 is 2.44 bits per heavy atom. The highest BCUT2D eigenvalue weighted by atomic mass is 16.2. The van der Waals surface area contributed by atoms with Crippen LogP contribution in [0.4, 0.5) is 4.79 Å². The van der Waals surface area contributed by atoms with Crippen LogP contribution in [0.2, 0.25) is 0 Å². The van der Waals surface area contributed by atoms with Crippen LogP contribution in [0.25, 0.3) is 0 Å². The van der Waals surface area contributed by atoms with Crippen molar-refractivity contribution in [1.82, 2.24) is 9.80 Å². The van der Waals surface area contributed by atoms with E-state index in [0.29, 0.717) is 13.0 Å². The monoisotopic (exact) mass is 346 g/mol. The second-order valence-electron chi connectivity index (χ2n) is 6.91. The van der Waals surface area contributed by atoms with Crippen molar-refractivity contribution in [2.75, 3.05) is 13.1 Å². The lowest BCUT2D eigenvalue weighted by molar-refractivity contribution is -0.140. The van der Waals surface area contributed by atoms with Gasteiger partial charge in [0.1, 0.15) is 0 Å². The highest BCUT2D eigenvalue weighted by Gasteiger charge is 2.54. The van der Waals surface area contributed by atoms with Crippen LogP contribution in [0.15, 0.2) is 30.3 Å². The maximum absolute atomic E-state index is 12.6. The summed E-state index contributed by atoms with van der Waals surface area (Å²) in [6.45, 7) is 4.06. The maximum atomic E-state index is 12.6. The molecule has 2 rings (SSSR count). The third-order valence-corrected chi connectivity index (χ3v) is 4.29. The van der Waals surface area contributed by atoms with Crippen molar-refractivity contribution in [2.45, 2.75) is 38.8 Å². The number of primary amides is 1. The largest absolute Gasteiger partial charge is 0.366 e. The van der Waals surface area contributed by atoms with Crippen molar-refractivity contribution in [3.8, 4) is 0 Å². The Bertz CT molecular complexity index is 647. The van der Waals surface area contributed by atoms with Gasteiger partial charge in [0.2, 0.25) is 5.91 Å². The van der Waals surface area contributed by atoms with Gasteiger partial charge < -0.3 is 10.6 Å². The molecule has 4 amide bonds. The van der Waals surface area contributed by atoms with Gasteiger partial charge in [-0.15, -0.1) is 0 Å². The van der Waals surface area contributed by atoms with E-state index in [0.717, 1.165) is 16.9 Å². The Kier molecular flexibility index (Phi) is 5.79. The van der Waals surface area contributed by atoms with Crippen molar-refractivity contribution in [2.24, 2.45) is 17.4 Å². The number of carbonyl (C=O) groups is 3. The van der Waals surface area contributed by atoms with E-state index in [4.69, 9.17) is 11.5 Å². The van der Waals surface area contributed by atoms with Gasteiger partial charge in [0.05, 0.1) is 6.54 Å². The average Bonchev–Trinajstić information content (AvgIpc) is 2.80. The molecule has 7 nitrogen and oxygen atoms in total. The maximum Gasteiger partial charge on any atom is 0.328 e. The van der Waals surface area contributed by atoms with E-state index in [-0.39, 0.29) is 18.9 Å². The minimum absolute atomic E-state index is 0.0459. The van der Waals surface area contributed by atoms with Gasteiger partial charge in [-0.3, -0.25) is 15.3 Å². The van der Waals surface area contributed by atoms with Gasteiger partial charge in [-0.1, -0.05) is 44.2 Å². The molecule has 1 aliphatic heterocycles. The molecule has 25 heavy (non-hydrogen) atoms. The summed E-state index contributed by atoms with van der Waals surface area (Å²) in [4.78, 5) is 39.2. The number of nitrogens with two attached hydrogens (primary N) is 2. The van der Waals surface area contributed by atoms with Crippen molar-refractivity contribution in [3.63, 3.8) is 0 Å². The minimum atomic E-state index is -1.78. The molecule has 0 bridgehead atoms. The highest BCUT2D eigenvalue weighted by Crippen LogP contribution is 2.25. The Morgan fingerprint density at radius 2 is 1.88 bits per heavy atom. The average molecular weight is 346 g/mol. The lowest BCUT2D eigenvalue weighted by Crippen LogP contribution is -2.65. The quantitative estimate of drug-likeness (QED) is 0.769. The molecule has 1 heterocycles. The van der Waals surface area contributed by atoms with Gasteiger partial charge in [-0.05, 0) is 24.3 Å². The smallest absolute Gasteiger partial charge is 0.328 e. The molecule has 0 saturated carbocycles. The summed E-state index contributed by atoms with van der Waals surface area (Å²) in [5, 5.41) is 0. The van der Waals surface area contributed by atoms with E-state index in [1.165, 1.54) is 4.90 Å². The molecule has 1 aliphatic rings. The van der Waals surface area contributed by atoms with Gasteiger partial charge in [-0.2, -0.15) is 0 Å². The zero-order valence-corrected chi connectivity index (χ0v) is 14.8. The first kappa shape index (κ1) is 18.9. The molecular formula is C18H26N4O3. The summed E-state index contributed by atoms with van der Waals surface area (Å²) in [6.07, 6.45) is 1.63. The summed E-state index contributed by atoms with van der Waals surface area (Å²) in [7, 11) is 0. The first-order valence-electron chi connectivity index (χ1n) is 8.50. The normalized spacial score (nSPS) is 20.4. The second-order valence-corrected chi connectivity index (χ2v) is 6.91. The van der Waals surface area contributed by atoms with Gasteiger partial charge in [0.25, 0.3) is 5.91 Å². The first-order valence-corrected chi connectivity index (χ1v) is 8.50. The van der Waals surface area contributed by atoms with Crippen LogP contribution in [-0.4, -0.2) is 46.4 Å². The predicted octanol–water partition coefficient (Wildman–Crippen LogP) is 1.07. The van der Waals surface area contributed by atoms with Crippen molar-refractivity contribution in [3.05, 3.63) is 35.9 Å². The number of nitrogens with zero attached hydrogens (tertiary/aromatic N) is 2. The fourth-order valence-electron chi connectivity index (χ4n) is 2.99. The highest BCUT2D eigenvalue weighted by molar-refractivity contribution is 6.04. The van der Waals surface area contributed by atoms with E-state index >= 15 is 0 Å². The Balaban J connectivity index is 2.07. The number of hydrogen-bond donors (Lipinski definition) is 2. The van der Waals surface area contributed by atoms with Crippen molar-refractivity contribution in [1.29, 1.82) is 0 Å².